The van der Waals surface area contributed by atoms with E-state index < -0.39 is 6.29 Å². The molecule has 3 N–H and O–H groups in total. The summed E-state index contributed by atoms with van der Waals surface area (Å²) in [6, 6.07) is 22.0. The van der Waals surface area contributed by atoms with Gasteiger partial charge in [-0.25, -0.2) is 0 Å². The van der Waals surface area contributed by atoms with Crippen molar-refractivity contribution >= 4 is 11.8 Å². The van der Waals surface area contributed by atoms with Crippen LogP contribution in [0.5, 0.6) is 0 Å². The number of hydrogen-bond acceptors (Lipinski definition) is 7. The van der Waals surface area contributed by atoms with Crippen molar-refractivity contribution in [1.82, 2.24) is 20.5 Å². The lowest BCUT2D eigenvalue weighted by Crippen LogP contribution is -2.43. The Morgan fingerprint density at radius 1 is 0.911 bits per heavy atom. The van der Waals surface area contributed by atoms with Crippen LogP contribution in [0.2, 0.25) is 0 Å². The van der Waals surface area contributed by atoms with Gasteiger partial charge in [-0.1, -0.05) is 67.9 Å². The first kappa shape index (κ1) is 34.2. The summed E-state index contributed by atoms with van der Waals surface area (Å²) in [6.07, 6.45) is 4.93. The fourth-order valence-electron chi connectivity index (χ4n) is 5.51. The fraction of sp³-hybridized carbons (Fsp3) is 0.472. The lowest BCUT2D eigenvalue weighted by atomic mass is 9.90. The molecule has 9 nitrogen and oxygen atoms in total. The van der Waals surface area contributed by atoms with E-state index in [1.807, 2.05) is 66.9 Å². The highest BCUT2D eigenvalue weighted by atomic mass is 16.7. The van der Waals surface area contributed by atoms with Gasteiger partial charge in [-0.15, -0.1) is 0 Å². The van der Waals surface area contributed by atoms with Crippen molar-refractivity contribution in [3.05, 3.63) is 101 Å². The number of hydrogen-bond donors (Lipinski definition) is 3. The molecule has 4 rings (SSSR count). The summed E-state index contributed by atoms with van der Waals surface area (Å²) in [4.78, 5) is 30.0. The van der Waals surface area contributed by atoms with Gasteiger partial charge >= 0.3 is 0 Å². The summed E-state index contributed by atoms with van der Waals surface area (Å²) in [6.45, 7) is 6.40. The summed E-state index contributed by atoms with van der Waals surface area (Å²) in [5, 5.41) is 15.3. The fourth-order valence-corrected chi connectivity index (χ4v) is 5.51. The predicted molar refractivity (Wildman–Crippen MR) is 174 cm³/mol. The molecule has 0 spiro atoms. The second kappa shape index (κ2) is 17.8. The Kier molecular flexibility index (Phi) is 13.5. The molecule has 1 saturated heterocycles. The quantitative estimate of drug-likeness (QED) is 0.197. The van der Waals surface area contributed by atoms with E-state index >= 15 is 0 Å². The van der Waals surface area contributed by atoms with Crippen LogP contribution in [0.15, 0.2) is 72.9 Å². The molecule has 1 aliphatic heterocycles. The van der Waals surface area contributed by atoms with Gasteiger partial charge < -0.3 is 30.1 Å². The normalized spacial score (nSPS) is 19.8. The zero-order valence-electron chi connectivity index (χ0n) is 26.8. The number of pyridine rings is 1. The van der Waals surface area contributed by atoms with Crippen LogP contribution in [0.4, 0.5) is 0 Å². The maximum absolute atomic E-state index is 12.3. The standard InChI is InChI=1S/C36H48N4O5/c1-26-33(24-40(3)22-19-32-9-6-8-21-38-32)44-36(45-35(26)30-15-13-29(25-41)14-16-30)31-17-11-28(12-18-31)23-39-34(43)10-5-4-7-20-37-27(2)42/h6,8-9,11-18,21,26,33,35-36,41H,4-5,7,10,19-20,22-25H2,1-3H3,(H,37,42)(H,39,43)/t26-,33+,35+,36+/m1/s1. The Balaban J connectivity index is 1.35. The van der Waals surface area contributed by atoms with Gasteiger partial charge in [0.2, 0.25) is 11.8 Å². The Morgan fingerprint density at radius 3 is 2.33 bits per heavy atom. The number of rotatable bonds is 16. The zero-order chi connectivity index (χ0) is 32.0. The third kappa shape index (κ3) is 11.0. The number of aliphatic hydroxyl groups is 1. The topological polar surface area (TPSA) is 113 Å². The number of benzene rings is 2. The molecule has 2 aromatic carbocycles. The average molecular weight is 617 g/mol. The van der Waals surface area contributed by atoms with Crippen LogP contribution < -0.4 is 10.6 Å². The maximum Gasteiger partial charge on any atom is 0.220 e. The molecule has 1 aromatic heterocycles. The molecule has 3 aromatic rings. The third-order valence-electron chi connectivity index (χ3n) is 8.29. The van der Waals surface area contributed by atoms with Crippen molar-refractivity contribution in [1.29, 1.82) is 0 Å². The van der Waals surface area contributed by atoms with Crippen molar-refractivity contribution in [3.63, 3.8) is 0 Å². The van der Waals surface area contributed by atoms with Gasteiger partial charge in [0.1, 0.15) is 0 Å². The molecule has 0 bridgehead atoms. The number of nitrogens with one attached hydrogen (secondary N) is 2. The van der Waals surface area contributed by atoms with Crippen LogP contribution >= 0.6 is 0 Å². The van der Waals surface area contributed by atoms with E-state index in [0.717, 1.165) is 66.7 Å². The lowest BCUT2D eigenvalue weighted by molar-refractivity contribution is -0.275. The van der Waals surface area contributed by atoms with E-state index in [0.29, 0.717) is 19.5 Å². The van der Waals surface area contributed by atoms with E-state index in [1.54, 1.807) is 0 Å². The molecular formula is C36H48N4O5. The first-order valence-electron chi connectivity index (χ1n) is 16.0. The van der Waals surface area contributed by atoms with E-state index in [9.17, 15) is 14.7 Å². The number of carbonyl (C=O) groups is 2. The molecule has 0 aliphatic carbocycles. The van der Waals surface area contributed by atoms with Gasteiger partial charge in [0.25, 0.3) is 0 Å². The maximum atomic E-state index is 12.3. The van der Waals surface area contributed by atoms with Crippen LogP contribution in [0, 0.1) is 5.92 Å². The van der Waals surface area contributed by atoms with Crippen molar-refractivity contribution in [3.8, 4) is 0 Å². The molecule has 9 heteroatoms. The summed E-state index contributed by atoms with van der Waals surface area (Å²) < 4.78 is 13.2. The predicted octanol–water partition coefficient (Wildman–Crippen LogP) is 4.85. The molecular weight excluding hydrogens is 568 g/mol. The van der Waals surface area contributed by atoms with Crippen molar-refractivity contribution in [2.75, 3.05) is 26.7 Å². The molecule has 0 saturated carbocycles. The molecule has 45 heavy (non-hydrogen) atoms. The van der Waals surface area contributed by atoms with Crippen molar-refractivity contribution < 1.29 is 24.2 Å². The Morgan fingerprint density at radius 2 is 1.64 bits per heavy atom. The molecule has 0 unspecified atom stereocenters. The molecule has 2 amide bonds. The Labute approximate surface area is 267 Å². The number of aromatic nitrogens is 1. The lowest BCUT2D eigenvalue weighted by Gasteiger charge is -2.42. The van der Waals surface area contributed by atoms with E-state index in [2.05, 4.69) is 40.6 Å². The van der Waals surface area contributed by atoms with Gasteiger partial charge in [0.05, 0.1) is 18.8 Å². The minimum atomic E-state index is -0.543. The Bertz CT molecular complexity index is 1320. The van der Waals surface area contributed by atoms with Crippen molar-refractivity contribution in [2.45, 2.75) is 77.6 Å². The monoisotopic (exact) mass is 616 g/mol. The second-order valence-corrected chi connectivity index (χ2v) is 12.0. The summed E-state index contributed by atoms with van der Waals surface area (Å²) >= 11 is 0. The number of amides is 2. The highest BCUT2D eigenvalue weighted by molar-refractivity contribution is 5.75. The van der Waals surface area contributed by atoms with Crippen LogP contribution in [-0.4, -0.2) is 59.6 Å². The van der Waals surface area contributed by atoms with Gasteiger partial charge in [-0.05, 0) is 48.7 Å². The molecule has 4 atom stereocenters. The minimum absolute atomic E-state index is 0.00349. The Hall–Kier alpha value is -3.63. The molecule has 0 radical (unpaired) electrons. The SMILES string of the molecule is CC(=O)NCCCCCC(=O)NCc1ccc([C@H]2O[C@@H](CN(C)CCc3ccccn3)[C@@H](C)[C@@H](c3ccc(CO)cc3)O2)cc1. The molecule has 1 fully saturated rings. The minimum Gasteiger partial charge on any atom is -0.392 e. The number of nitrogens with zero attached hydrogens (tertiary/aromatic N) is 2. The summed E-state index contributed by atoms with van der Waals surface area (Å²) in [5.41, 5.74) is 4.92. The van der Waals surface area contributed by atoms with Gasteiger partial charge in [0, 0.05) is 69.3 Å². The molecule has 242 valence electrons. The van der Waals surface area contributed by atoms with Crippen LogP contribution in [0.3, 0.4) is 0 Å². The van der Waals surface area contributed by atoms with Crippen molar-refractivity contribution in [2.24, 2.45) is 5.92 Å². The van der Waals surface area contributed by atoms with E-state index in [4.69, 9.17) is 9.47 Å². The van der Waals surface area contributed by atoms with Crippen LogP contribution in [0.1, 0.15) is 79.9 Å². The van der Waals surface area contributed by atoms with Crippen LogP contribution in [0.25, 0.3) is 0 Å². The highest BCUT2D eigenvalue weighted by Crippen LogP contribution is 2.41. The smallest absolute Gasteiger partial charge is 0.220 e. The first-order chi connectivity index (χ1) is 21.8. The number of ether oxygens (including phenoxy) is 2. The molecule has 2 heterocycles. The highest BCUT2D eigenvalue weighted by Gasteiger charge is 2.38. The number of unbranched alkanes of at least 4 members (excludes halogenated alkanes) is 2. The number of likely N-dealkylation sites (N-methyl/N-ethyl adjacent to an activating group) is 1. The van der Waals surface area contributed by atoms with Gasteiger partial charge in [0.15, 0.2) is 6.29 Å². The summed E-state index contributed by atoms with van der Waals surface area (Å²) in [7, 11) is 2.11. The molecule has 1 aliphatic rings. The average Bonchev–Trinajstić information content (AvgIpc) is 3.06. The van der Waals surface area contributed by atoms with E-state index in [-0.39, 0.29) is 36.5 Å². The van der Waals surface area contributed by atoms with E-state index in [1.165, 1.54) is 6.92 Å². The summed E-state index contributed by atoms with van der Waals surface area (Å²) in [5.74, 6) is 0.0956. The van der Waals surface area contributed by atoms with Gasteiger partial charge in [-0.3, -0.25) is 14.6 Å². The number of carbonyl (C=O) groups excluding carboxylic acids is 2. The number of aliphatic hydroxyl groups excluding tert-OH is 1. The van der Waals surface area contributed by atoms with Gasteiger partial charge in [-0.2, -0.15) is 0 Å². The third-order valence-corrected chi connectivity index (χ3v) is 8.29. The van der Waals surface area contributed by atoms with Crippen LogP contribution in [-0.2, 0) is 38.6 Å². The first-order valence-corrected chi connectivity index (χ1v) is 16.0. The zero-order valence-corrected chi connectivity index (χ0v) is 26.8. The second-order valence-electron chi connectivity index (χ2n) is 12.0. The largest absolute Gasteiger partial charge is 0.392 e.